The Morgan fingerprint density at radius 1 is 1.12 bits per heavy atom. The average Bonchev–Trinajstić information content (AvgIpc) is 2.92. The van der Waals surface area contributed by atoms with Crippen molar-refractivity contribution in [3.63, 3.8) is 0 Å². The highest BCUT2D eigenvalue weighted by atomic mass is 79.9. The number of imide groups is 1. The van der Waals surface area contributed by atoms with E-state index < -0.39 is 11.9 Å². The molecule has 0 atom stereocenters. The van der Waals surface area contributed by atoms with Crippen LogP contribution in [0, 0.1) is 0 Å². The van der Waals surface area contributed by atoms with Crippen LogP contribution in [0.25, 0.3) is 11.0 Å². The molecule has 122 valence electrons. The Morgan fingerprint density at radius 2 is 1.92 bits per heavy atom. The first-order valence-electron chi connectivity index (χ1n) is 6.62. The summed E-state index contributed by atoms with van der Waals surface area (Å²) < 4.78 is 3.13. The van der Waals surface area contributed by atoms with Crippen LogP contribution in [0.4, 0.5) is 4.79 Å². The molecule has 2 heterocycles. The van der Waals surface area contributed by atoms with Crippen LogP contribution in [-0.2, 0) is 0 Å². The molecule has 0 aliphatic heterocycles. The molecule has 3 amide bonds. The molecule has 1 aromatic carbocycles. The third-order valence-corrected chi connectivity index (χ3v) is 4.15. The zero-order chi connectivity index (χ0) is 17.1. The number of urea groups is 1. The van der Waals surface area contributed by atoms with Crippen LogP contribution in [0.15, 0.2) is 50.8 Å². The summed E-state index contributed by atoms with van der Waals surface area (Å²) in [5.41, 5.74) is 1.26. The predicted octanol–water partition coefficient (Wildman–Crippen LogP) is 2.16. The molecule has 3 aromatic rings. The van der Waals surface area contributed by atoms with E-state index in [2.05, 4.69) is 40.9 Å². The number of hydrogen-bond acceptors (Lipinski definition) is 5. The lowest BCUT2D eigenvalue weighted by Gasteiger charge is -2.06. The normalized spacial score (nSPS) is 10.5. The summed E-state index contributed by atoms with van der Waals surface area (Å²) >= 11 is 4.22. The number of nitrogens with one attached hydrogen (secondary N) is 4. The summed E-state index contributed by atoms with van der Waals surface area (Å²) in [6, 6.07) is 6.05. The van der Waals surface area contributed by atoms with Crippen molar-refractivity contribution in [2.45, 2.75) is 4.90 Å². The van der Waals surface area contributed by atoms with E-state index in [0.29, 0.717) is 20.4 Å². The standard InChI is InChI=1S/C14H10BrN5O3S/c15-8-3-7(5-16-6-8)12(21)19-14(23)20-24-9-1-2-10-11(4-9)18-13(22)17-10/h1-6H,(H2,17,18,22)(H2,19,20,21,23). The van der Waals surface area contributed by atoms with Crippen LogP contribution < -0.4 is 15.7 Å². The van der Waals surface area contributed by atoms with Gasteiger partial charge < -0.3 is 9.97 Å². The van der Waals surface area contributed by atoms with E-state index in [1.807, 2.05) is 0 Å². The number of carbonyl (C=O) groups is 2. The topological polar surface area (TPSA) is 120 Å². The highest BCUT2D eigenvalue weighted by Gasteiger charge is 2.11. The van der Waals surface area contributed by atoms with Crippen molar-refractivity contribution in [1.29, 1.82) is 0 Å². The fourth-order valence-corrected chi connectivity index (χ4v) is 2.86. The molecule has 0 saturated carbocycles. The monoisotopic (exact) mass is 407 g/mol. The lowest BCUT2D eigenvalue weighted by Crippen LogP contribution is -2.36. The number of hydrogen-bond donors (Lipinski definition) is 4. The minimum absolute atomic E-state index is 0.260. The van der Waals surface area contributed by atoms with Crippen LogP contribution in [0.2, 0.25) is 0 Å². The number of carbonyl (C=O) groups excluding carboxylic acids is 2. The Labute approximate surface area is 147 Å². The molecule has 0 aliphatic carbocycles. The fourth-order valence-electron chi connectivity index (χ4n) is 1.92. The van der Waals surface area contributed by atoms with Gasteiger partial charge in [0, 0.05) is 21.8 Å². The number of amides is 3. The number of aromatic amines is 2. The van der Waals surface area contributed by atoms with Crippen molar-refractivity contribution in [1.82, 2.24) is 25.0 Å². The maximum atomic E-state index is 11.9. The van der Waals surface area contributed by atoms with Gasteiger partial charge in [-0.2, -0.15) is 0 Å². The van der Waals surface area contributed by atoms with Crippen molar-refractivity contribution in [2.24, 2.45) is 0 Å². The highest BCUT2D eigenvalue weighted by molar-refractivity contribution is 9.10. The van der Waals surface area contributed by atoms with Crippen molar-refractivity contribution in [3.05, 3.63) is 57.2 Å². The Balaban J connectivity index is 1.60. The first kappa shape index (κ1) is 16.3. The average molecular weight is 408 g/mol. The molecule has 8 nitrogen and oxygen atoms in total. The van der Waals surface area contributed by atoms with E-state index in [0.717, 1.165) is 11.9 Å². The molecular formula is C14H10BrN5O3S. The van der Waals surface area contributed by atoms with Gasteiger partial charge in [0.05, 0.1) is 16.6 Å². The van der Waals surface area contributed by atoms with E-state index in [9.17, 15) is 14.4 Å². The second kappa shape index (κ2) is 6.89. The van der Waals surface area contributed by atoms with E-state index in [1.165, 1.54) is 12.4 Å². The number of pyridine rings is 1. The van der Waals surface area contributed by atoms with Crippen molar-refractivity contribution in [3.8, 4) is 0 Å². The number of H-pyrrole nitrogens is 2. The van der Waals surface area contributed by atoms with Gasteiger partial charge in [0.1, 0.15) is 0 Å². The molecule has 0 unspecified atom stereocenters. The molecule has 0 fully saturated rings. The third kappa shape index (κ3) is 3.84. The van der Waals surface area contributed by atoms with Gasteiger partial charge in [0.25, 0.3) is 5.91 Å². The molecular weight excluding hydrogens is 398 g/mol. The SMILES string of the molecule is O=C(NSc1ccc2[nH]c(=O)[nH]c2c1)NC(=O)c1cncc(Br)c1. The van der Waals surface area contributed by atoms with E-state index in [4.69, 9.17) is 0 Å². The molecule has 2 aromatic heterocycles. The molecule has 0 saturated heterocycles. The summed E-state index contributed by atoms with van der Waals surface area (Å²) in [4.78, 5) is 44.7. The second-order valence-electron chi connectivity index (χ2n) is 4.67. The maximum absolute atomic E-state index is 11.9. The number of halogens is 1. The second-order valence-corrected chi connectivity index (χ2v) is 6.46. The van der Waals surface area contributed by atoms with Gasteiger partial charge in [0.15, 0.2) is 0 Å². The third-order valence-electron chi connectivity index (χ3n) is 2.94. The highest BCUT2D eigenvalue weighted by Crippen LogP contribution is 2.18. The van der Waals surface area contributed by atoms with E-state index >= 15 is 0 Å². The van der Waals surface area contributed by atoms with Gasteiger partial charge in [-0.25, -0.2) is 9.59 Å². The van der Waals surface area contributed by atoms with E-state index in [1.54, 1.807) is 24.3 Å². The Morgan fingerprint density at radius 3 is 2.71 bits per heavy atom. The van der Waals surface area contributed by atoms with Crippen molar-refractivity contribution in [2.75, 3.05) is 0 Å². The number of imidazole rings is 1. The summed E-state index contributed by atoms with van der Waals surface area (Å²) in [5.74, 6) is -0.563. The van der Waals surface area contributed by atoms with Gasteiger partial charge in [-0.15, -0.1) is 0 Å². The van der Waals surface area contributed by atoms with Gasteiger partial charge in [-0.1, -0.05) is 0 Å². The van der Waals surface area contributed by atoms with E-state index in [-0.39, 0.29) is 11.3 Å². The number of aromatic nitrogens is 3. The van der Waals surface area contributed by atoms with Crippen molar-refractivity contribution >= 4 is 50.8 Å². The minimum Gasteiger partial charge on any atom is -0.306 e. The molecule has 0 radical (unpaired) electrons. The number of benzene rings is 1. The van der Waals surface area contributed by atoms with Crippen LogP contribution >= 0.6 is 27.9 Å². The fraction of sp³-hybridized carbons (Fsp3) is 0. The van der Waals surface area contributed by atoms with Crippen LogP contribution in [0.1, 0.15) is 10.4 Å². The maximum Gasteiger partial charge on any atom is 0.331 e. The Bertz CT molecular complexity index is 984. The molecule has 3 rings (SSSR count). The smallest absolute Gasteiger partial charge is 0.306 e. The van der Waals surface area contributed by atoms with Crippen LogP contribution in [0.3, 0.4) is 0 Å². The Kier molecular flexibility index (Phi) is 4.67. The molecule has 10 heteroatoms. The lowest BCUT2D eigenvalue weighted by molar-refractivity contribution is 0.0965. The summed E-state index contributed by atoms with van der Waals surface area (Å²) in [5, 5.41) is 2.20. The first-order chi connectivity index (χ1) is 11.5. The number of fused-ring (bicyclic) bond motifs is 1. The molecule has 24 heavy (non-hydrogen) atoms. The molecule has 4 N–H and O–H groups in total. The molecule has 0 spiro atoms. The number of nitrogens with zero attached hydrogens (tertiary/aromatic N) is 1. The van der Waals surface area contributed by atoms with Crippen LogP contribution in [0.5, 0.6) is 0 Å². The molecule has 0 bridgehead atoms. The largest absolute Gasteiger partial charge is 0.331 e. The lowest BCUT2D eigenvalue weighted by atomic mass is 10.3. The van der Waals surface area contributed by atoms with Gasteiger partial charge >= 0.3 is 11.7 Å². The van der Waals surface area contributed by atoms with Crippen molar-refractivity contribution < 1.29 is 9.59 Å². The number of rotatable bonds is 3. The minimum atomic E-state index is -0.660. The summed E-state index contributed by atoms with van der Waals surface area (Å²) in [6.07, 6.45) is 2.89. The molecule has 0 aliphatic rings. The van der Waals surface area contributed by atoms with Crippen LogP contribution in [-0.4, -0.2) is 26.9 Å². The van der Waals surface area contributed by atoms with Gasteiger partial charge in [0.2, 0.25) is 0 Å². The predicted molar refractivity (Wildman–Crippen MR) is 92.7 cm³/mol. The Hall–Kier alpha value is -2.59. The zero-order valence-corrected chi connectivity index (χ0v) is 14.3. The summed E-state index contributed by atoms with van der Waals surface area (Å²) in [6.45, 7) is 0. The quantitative estimate of drug-likeness (QED) is 0.495. The zero-order valence-electron chi connectivity index (χ0n) is 11.9. The first-order valence-corrected chi connectivity index (χ1v) is 8.23. The van der Waals surface area contributed by atoms with Gasteiger partial charge in [-0.05, 0) is 52.1 Å². The van der Waals surface area contributed by atoms with Gasteiger partial charge in [-0.3, -0.25) is 19.8 Å². The summed E-state index contributed by atoms with van der Waals surface area (Å²) in [7, 11) is 0.